The van der Waals surface area contributed by atoms with Crippen LogP contribution in [0, 0.1) is 21.4 Å². The lowest BCUT2D eigenvalue weighted by molar-refractivity contribution is -0.384. The van der Waals surface area contributed by atoms with Crippen molar-refractivity contribution in [2.75, 3.05) is 13.1 Å². The molecule has 1 saturated heterocycles. The van der Waals surface area contributed by atoms with Gasteiger partial charge in [0, 0.05) is 31.6 Å². The molecule has 2 rings (SSSR count). The van der Waals surface area contributed by atoms with Crippen molar-refractivity contribution in [1.82, 2.24) is 4.90 Å². The second-order valence-electron chi connectivity index (χ2n) is 8.52. The molecule has 1 heterocycles. The third-order valence-electron chi connectivity index (χ3n) is 5.13. The van der Waals surface area contributed by atoms with Crippen LogP contribution in [0.15, 0.2) is 24.3 Å². The molecule has 0 bridgehead atoms. The molecule has 0 aliphatic carbocycles. The second kappa shape index (κ2) is 8.58. The Labute approximate surface area is 167 Å². The van der Waals surface area contributed by atoms with Crippen LogP contribution in [0.25, 0.3) is 0 Å². The van der Waals surface area contributed by atoms with E-state index < -0.39 is 25.8 Å². The number of likely N-dealkylation sites (tertiary alicyclic amines) is 1. The van der Waals surface area contributed by atoms with Crippen molar-refractivity contribution in [3.8, 4) is 0 Å². The molecule has 1 amide bonds. The van der Waals surface area contributed by atoms with Crippen molar-refractivity contribution >= 4 is 20.8 Å². The van der Waals surface area contributed by atoms with E-state index in [2.05, 4.69) is 20.8 Å². The van der Waals surface area contributed by atoms with Crippen LogP contribution < -0.4 is 5.73 Å². The summed E-state index contributed by atoms with van der Waals surface area (Å²) in [6.07, 6.45) is 0.203. The van der Waals surface area contributed by atoms with Gasteiger partial charge < -0.3 is 14.9 Å². The third kappa shape index (κ3) is 5.09. The van der Waals surface area contributed by atoms with E-state index in [1.807, 2.05) is 13.1 Å². The van der Waals surface area contributed by atoms with E-state index in [1.54, 1.807) is 17.0 Å². The Morgan fingerprint density at radius 2 is 1.96 bits per heavy atom. The van der Waals surface area contributed by atoms with Crippen LogP contribution in [0.5, 0.6) is 0 Å². The fraction of sp³-hybridized carbons (Fsp3) is 0.632. The predicted octanol–water partition coefficient (Wildman–Crippen LogP) is 3.52. The fourth-order valence-corrected chi connectivity index (χ4v) is 4.45. The van der Waals surface area contributed by atoms with Gasteiger partial charge in [-0.2, -0.15) is 0 Å². The monoisotopic (exact) mass is 408 g/mol. The SMILES string of the molecule is C[Si](C)OC1(CN)CC(C(C)(C)C)CN1C(=O)OCc1ccc([N+](=O)[O-])cc1. The maximum absolute atomic E-state index is 12.9. The minimum atomic E-state index is -1.09. The molecule has 1 fully saturated rings. The van der Waals surface area contributed by atoms with Gasteiger partial charge in [0.2, 0.25) is 9.04 Å². The maximum atomic E-state index is 12.9. The van der Waals surface area contributed by atoms with Gasteiger partial charge in [-0.05, 0) is 42.1 Å². The van der Waals surface area contributed by atoms with E-state index in [-0.39, 0.29) is 30.2 Å². The summed E-state index contributed by atoms with van der Waals surface area (Å²) < 4.78 is 11.7. The van der Waals surface area contributed by atoms with E-state index in [4.69, 9.17) is 14.9 Å². The number of hydrogen-bond acceptors (Lipinski definition) is 6. The highest BCUT2D eigenvalue weighted by Gasteiger charge is 2.52. The molecule has 0 spiro atoms. The molecule has 8 nitrogen and oxygen atoms in total. The quantitative estimate of drug-likeness (QED) is 0.438. The Kier molecular flexibility index (Phi) is 6.84. The Morgan fingerprint density at radius 1 is 1.36 bits per heavy atom. The number of benzene rings is 1. The molecule has 28 heavy (non-hydrogen) atoms. The number of rotatable bonds is 6. The molecule has 0 saturated carbocycles. The van der Waals surface area contributed by atoms with Crippen LogP contribution in [0.2, 0.25) is 13.1 Å². The van der Waals surface area contributed by atoms with Crippen molar-refractivity contribution in [2.24, 2.45) is 17.1 Å². The van der Waals surface area contributed by atoms with Crippen LogP contribution in [0.3, 0.4) is 0 Å². The van der Waals surface area contributed by atoms with Gasteiger partial charge in [-0.1, -0.05) is 20.8 Å². The predicted molar refractivity (Wildman–Crippen MR) is 108 cm³/mol. The molecule has 9 heteroatoms. The van der Waals surface area contributed by atoms with Crippen LogP contribution in [-0.2, 0) is 15.8 Å². The van der Waals surface area contributed by atoms with E-state index in [1.165, 1.54) is 12.1 Å². The number of ether oxygens (including phenoxy) is 1. The maximum Gasteiger partial charge on any atom is 0.412 e. The largest absolute Gasteiger partial charge is 0.444 e. The normalized spacial score (nSPS) is 22.5. The first-order valence-corrected chi connectivity index (χ1v) is 11.8. The molecule has 2 unspecified atom stereocenters. The average Bonchev–Trinajstić information content (AvgIpc) is 2.99. The van der Waals surface area contributed by atoms with Crippen molar-refractivity contribution in [1.29, 1.82) is 0 Å². The van der Waals surface area contributed by atoms with Crippen LogP contribution in [0.4, 0.5) is 10.5 Å². The summed E-state index contributed by atoms with van der Waals surface area (Å²) in [4.78, 5) is 24.8. The minimum Gasteiger partial charge on any atom is -0.444 e. The van der Waals surface area contributed by atoms with Gasteiger partial charge in [-0.15, -0.1) is 0 Å². The number of carbonyl (C=O) groups is 1. The second-order valence-corrected chi connectivity index (χ2v) is 10.5. The summed E-state index contributed by atoms with van der Waals surface area (Å²) in [6.45, 7) is 11.2. The fourth-order valence-electron chi connectivity index (χ4n) is 3.42. The zero-order chi connectivity index (χ0) is 21.1. The number of nitrogens with zero attached hydrogens (tertiary/aromatic N) is 2. The molecule has 1 aliphatic rings. The zero-order valence-corrected chi connectivity index (χ0v) is 18.2. The van der Waals surface area contributed by atoms with Crippen LogP contribution >= 0.6 is 0 Å². The lowest BCUT2D eigenvalue weighted by Crippen LogP contribution is -2.56. The highest BCUT2D eigenvalue weighted by molar-refractivity contribution is 6.48. The minimum absolute atomic E-state index is 0.00115. The van der Waals surface area contributed by atoms with Gasteiger partial charge in [-0.3, -0.25) is 15.0 Å². The van der Waals surface area contributed by atoms with Gasteiger partial charge in [0.1, 0.15) is 12.3 Å². The summed E-state index contributed by atoms with van der Waals surface area (Å²) >= 11 is 0. The molecule has 155 valence electrons. The number of nitro benzene ring substituents is 1. The van der Waals surface area contributed by atoms with Gasteiger partial charge in [-0.25, -0.2) is 4.79 Å². The Balaban J connectivity index is 2.14. The van der Waals surface area contributed by atoms with Gasteiger partial charge >= 0.3 is 6.09 Å². The summed E-state index contributed by atoms with van der Waals surface area (Å²) in [6, 6.07) is 5.95. The molecular weight excluding hydrogens is 378 g/mol. The number of nitrogens with two attached hydrogens (primary N) is 1. The lowest BCUT2D eigenvalue weighted by atomic mass is 9.79. The topological polar surface area (TPSA) is 108 Å². The Morgan fingerprint density at radius 3 is 2.43 bits per heavy atom. The van der Waals surface area contributed by atoms with E-state index >= 15 is 0 Å². The van der Waals surface area contributed by atoms with E-state index in [9.17, 15) is 14.9 Å². The van der Waals surface area contributed by atoms with Gasteiger partial charge in [0.15, 0.2) is 0 Å². The first-order valence-electron chi connectivity index (χ1n) is 9.35. The molecule has 2 atom stereocenters. The molecule has 1 aromatic rings. The number of non-ortho nitro benzene ring substituents is 1. The van der Waals surface area contributed by atoms with Gasteiger partial charge in [0.05, 0.1) is 4.92 Å². The Hall–Kier alpha value is -1.97. The summed E-state index contributed by atoms with van der Waals surface area (Å²) in [5, 5.41) is 10.7. The smallest absolute Gasteiger partial charge is 0.412 e. The molecule has 1 aromatic carbocycles. The highest BCUT2D eigenvalue weighted by atomic mass is 28.3. The molecule has 0 aromatic heterocycles. The summed E-state index contributed by atoms with van der Waals surface area (Å²) in [7, 11) is -1.09. The van der Waals surface area contributed by atoms with Crippen molar-refractivity contribution < 1.29 is 18.9 Å². The number of carbonyl (C=O) groups excluding carboxylic acids is 1. The van der Waals surface area contributed by atoms with Crippen molar-refractivity contribution in [3.63, 3.8) is 0 Å². The average molecular weight is 409 g/mol. The van der Waals surface area contributed by atoms with Gasteiger partial charge in [0.25, 0.3) is 5.69 Å². The Bertz CT molecular complexity index is 705. The summed E-state index contributed by atoms with van der Waals surface area (Å²) in [5.74, 6) is 0.240. The molecule has 1 aliphatic heterocycles. The molecular formula is C19H30N3O5Si. The molecule has 1 radical (unpaired) electrons. The standard InChI is InChI=1S/C19H30N3O5Si/c1-18(2,3)15-10-19(13-20,27-28(4)5)21(11-15)17(23)26-12-14-6-8-16(9-7-14)22(24)25/h6-9,15H,10-13,20H2,1-5H3. The molecule has 2 N–H and O–H groups in total. The lowest BCUT2D eigenvalue weighted by Gasteiger charge is -2.38. The number of hydrogen-bond donors (Lipinski definition) is 1. The number of nitro groups is 1. The van der Waals surface area contributed by atoms with E-state index in [0.29, 0.717) is 18.5 Å². The third-order valence-corrected chi connectivity index (χ3v) is 5.92. The van der Waals surface area contributed by atoms with E-state index in [0.717, 1.165) is 0 Å². The first-order chi connectivity index (χ1) is 13.0. The van der Waals surface area contributed by atoms with Crippen LogP contribution in [0.1, 0.15) is 32.8 Å². The van der Waals surface area contributed by atoms with Crippen molar-refractivity contribution in [3.05, 3.63) is 39.9 Å². The van der Waals surface area contributed by atoms with Crippen LogP contribution in [-0.4, -0.2) is 43.8 Å². The van der Waals surface area contributed by atoms with Crippen molar-refractivity contribution in [2.45, 2.75) is 52.6 Å². The number of amides is 1. The zero-order valence-electron chi connectivity index (χ0n) is 17.2. The first kappa shape index (κ1) is 22.3. The highest BCUT2D eigenvalue weighted by Crippen LogP contribution is 2.43. The summed E-state index contributed by atoms with van der Waals surface area (Å²) in [5.41, 5.74) is 5.92.